The van der Waals surface area contributed by atoms with E-state index in [0.29, 0.717) is 6.61 Å². The van der Waals surface area contributed by atoms with E-state index in [1.165, 1.54) is 5.56 Å². The summed E-state index contributed by atoms with van der Waals surface area (Å²) in [6, 6.07) is 8.10. The largest absolute Gasteiger partial charge is 0.494 e. The summed E-state index contributed by atoms with van der Waals surface area (Å²) >= 11 is 1.73. The number of hydrogen-bond donors (Lipinski definition) is 1. The highest BCUT2D eigenvalue weighted by atomic mass is 32.2. The molecule has 0 spiro atoms. The van der Waals surface area contributed by atoms with Crippen molar-refractivity contribution in [2.24, 2.45) is 0 Å². The van der Waals surface area contributed by atoms with Crippen LogP contribution in [0.3, 0.4) is 0 Å². The fourth-order valence-corrected chi connectivity index (χ4v) is 1.80. The van der Waals surface area contributed by atoms with Gasteiger partial charge in [0.2, 0.25) is 0 Å². The van der Waals surface area contributed by atoms with Crippen molar-refractivity contribution in [2.45, 2.75) is 12.7 Å². The average molecular weight is 212 g/mol. The summed E-state index contributed by atoms with van der Waals surface area (Å²) in [6.07, 6.45) is 0. The maximum atomic E-state index is 8.62. The van der Waals surface area contributed by atoms with Crippen molar-refractivity contribution in [2.75, 3.05) is 19.0 Å². The Kier molecular flexibility index (Phi) is 5.49. The van der Waals surface area contributed by atoms with Crippen LogP contribution in [-0.2, 0) is 5.75 Å². The zero-order valence-electron chi connectivity index (χ0n) is 8.40. The minimum atomic E-state index is 0.252. The minimum Gasteiger partial charge on any atom is -0.494 e. The van der Waals surface area contributed by atoms with Gasteiger partial charge < -0.3 is 9.84 Å². The number of ether oxygens (including phenoxy) is 1. The monoisotopic (exact) mass is 212 g/mol. The maximum absolute atomic E-state index is 8.62. The Hall–Kier alpha value is -0.670. The highest BCUT2D eigenvalue weighted by Crippen LogP contribution is 2.16. The SMILES string of the molecule is CCOc1ccc(CSCCO)cc1. The van der Waals surface area contributed by atoms with Crippen molar-refractivity contribution >= 4 is 11.8 Å². The number of aliphatic hydroxyl groups is 1. The molecule has 1 aromatic carbocycles. The van der Waals surface area contributed by atoms with E-state index in [1.807, 2.05) is 19.1 Å². The summed E-state index contributed by atoms with van der Waals surface area (Å²) in [5, 5.41) is 8.62. The lowest BCUT2D eigenvalue weighted by molar-refractivity contribution is 0.322. The van der Waals surface area contributed by atoms with Crippen LogP contribution in [-0.4, -0.2) is 24.1 Å². The molecule has 3 heteroatoms. The molecule has 0 aliphatic heterocycles. The number of rotatable bonds is 6. The van der Waals surface area contributed by atoms with Gasteiger partial charge in [0, 0.05) is 11.5 Å². The lowest BCUT2D eigenvalue weighted by atomic mass is 10.2. The van der Waals surface area contributed by atoms with Gasteiger partial charge in [-0.05, 0) is 24.6 Å². The molecule has 78 valence electrons. The van der Waals surface area contributed by atoms with E-state index in [4.69, 9.17) is 9.84 Å². The summed E-state index contributed by atoms with van der Waals surface area (Å²) in [4.78, 5) is 0. The molecule has 0 saturated carbocycles. The van der Waals surface area contributed by atoms with E-state index in [0.717, 1.165) is 17.3 Å². The lowest BCUT2D eigenvalue weighted by Gasteiger charge is -2.04. The summed E-state index contributed by atoms with van der Waals surface area (Å²) in [5.74, 6) is 2.67. The van der Waals surface area contributed by atoms with Gasteiger partial charge in [0.25, 0.3) is 0 Å². The van der Waals surface area contributed by atoms with Gasteiger partial charge in [0.15, 0.2) is 0 Å². The maximum Gasteiger partial charge on any atom is 0.119 e. The van der Waals surface area contributed by atoms with Crippen LogP contribution in [0.4, 0.5) is 0 Å². The van der Waals surface area contributed by atoms with Crippen LogP contribution in [0.15, 0.2) is 24.3 Å². The van der Waals surface area contributed by atoms with Gasteiger partial charge in [-0.1, -0.05) is 12.1 Å². The summed E-state index contributed by atoms with van der Waals surface area (Å²) in [7, 11) is 0. The van der Waals surface area contributed by atoms with Crippen LogP contribution in [0.1, 0.15) is 12.5 Å². The molecule has 1 N–H and O–H groups in total. The quantitative estimate of drug-likeness (QED) is 0.734. The average Bonchev–Trinajstić information content (AvgIpc) is 2.21. The van der Waals surface area contributed by atoms with E-state index in [-0.39, 0.29) is 6.61 Å². The molecule has 0 amide bonds. The van der Waals surface area contributed by atoms with E-state index in [9.17, 15) is 0 Å². The normalized spacial score (nSPS) is 10.1. The van der Waals surface area contributed by atoms with E-state index < -0.39 is 0 Å². The molecule has 0 aromatic heterocycles. The first-order chi connectivity index (χ1) is 6.86. The highest BCUT2D eigenvalue weighted by molar-refractivity contribution is 7.98. The first-order valence-corrected chi connectivity index (χ1v) is 5.92. The van der Waals surface area contributed by atoms with Gasteiger partial charge in [-0.25, -0.2) is 0 Å². The number of benzene rings is 1. The molecule has 2 nitrogen and oxygen atoms in total. The Bertz CT molecular complexity index is 246. The third kappa shape index (κ3) is 4.03. The number of thioether (sulfide) groups is 1. The second-order valence-electron chi connectivity index (χ2n) is 2.85. The van der Waals surface area contributed by atoms with Crippen molar-refractivity contribution in [3.8, 4) is 5.75 Å². The van der Waals surface area contributed by atoms with Crippen LogP contribution in [0.5, 0.6) is 5.75 Å². The van der Waals surface area contributed by atoms with Crippen LogP contribution >= 0.6 is 11.8 Å². The van der Waals surface area contributed by atoms with Gasteiger partial charge in [-0.3, -0.25) is 0 Å². The van der Waals surface area contributed by atoms with Gasteiger partial charge in [-0.2, -0.15) is 11.8 Å². The lowest BCUT2D eigenvalue weighted by Crippen LogP contribution is -1.92. The Morgan fingerprint density at radius 2 is 2.00 bits per heavy atom. The molecule has 0 unspecified atom stereocenters. The van der Waals surface area contributed by atoms with Crippen molar-refractivity contribution in [3.63, 3.8) is 0 Å². The Morgan fingerprint density at radius 1 is 1.29 bits per heavy atom. The van der Waals surface area contributed by atoms with Gasteiger partial charge in [-0.15, -0.1) is 0 Å². The third-order valence-electron chi connectivity index (χ3n) is 1.74. The second kappa shape index (κ2) is 6.74. The molecule has 14 heavy (non-hydrogen) atoms. The number of hydrogen-bond acceptors (Lipinski definition) is 3. The highest BCUT2D eigenvalue weighted by Gasteiger charge is 1.94. The molecule has 1 aromatic rings. The zero-order valence-corrected chi connectivity index (χ0v) is 9.22. The molecule has 0 fully saturated rings. The first kappa shape index (κ1) is 11.4. The fourth-order valence-electron chi connectivity index (χ4n) is 1.10. The summed E-state index contributed by atoms with van der Waals surface area (Å²) < 4.78 is 5.34. The Morgan fingerprint density at radius 3 is 2.57 bits per heavy atom. The van der Waals surface area contributed by atoms with Crippen LogP contribution in [0.25, 0.3) is 0 Å². The van der Waals surface area contributed by atoms with Crippen LogP contribution < -0.4 is 4.74 Å². The zero-order chi connectivity index (χ0) is 10.2. The smallest absolute Gasteiger partial charge is 0.119 e. The molecule has 0 radical (unpaired) electrons. The van der Waals surface area contributed by atoms with Crippen molar-refractivity contribution in [1.29, 1.82) is 0 Å². The topological polar surface area (TPSA) is 29.5 Å². The number of aliphatic hydroxyl groups excluding tert-OH is 1. The van der Waals surface area contributed by atoms with Crippen molar-refractivity contribution in [1.82, 2.24) is 0 Å². The third-order valence-corrected chi connectivity index (χ3v) is 2.75. The van der Waals surface area contributed by atoms with E-state index >= 15 is 0 Å². The van der Waals surface area contributed by atoms with Crippen LogP contribution in [0.2, 0.25) is 0 Å². The van der Waals surface area contributed by atoms with Gasteiger partial charge in [0.05, 0.1) is 13.2 Å². The van der Waals surface area contributed by atoms with Gasteiger partial charge >= 0.3 is 0 Å². The summed E-state index contributed by atoms with van der Waals surface area (Å²) in [5.41, 5.74) is 1.27. The molecule has 0 heterocycles. The molecule has 0 bridgehead atoms. The minimum absolute atomic E-state index is 0.252. The van der Waals surface area contributed by atoms with E-state index in [2.05, 4.69) is 12.1 Å². The second-order valence-corrected chi connectivity index (χ2v) is 3.96. The van der Waals surface area contributed by atoms with Crippen molar-refractivity contribution in [3.05, 3.63) is 29.8 Å². The summed E-state index contributed by atoms with van der Waals surface area (Å²) in [6.45, 7) is 2.94. The molecular formula is C11H16O2S. The Labute approximate surface area is 89.3 Å². The molecule has 0 aliphatic rings. The predicted molar refractivity (Wildman–Crippen MR) is 60.9 cm³/mol. The molecule has 0 saturated heterocycles. The van der Waals surface area contributed by atoms with E-state index in [1.54, 1.807) is 11.8 Å². The molecule has 0 atom stereocenters. The molecule has 1 rings (SSSR count). The fraction of sp³-hybridized carbons (Fsp3) is 0.455. The standard InChI is InChI=1S/C11H16O2S/c1-2-13-11-5-3-10(4-6-11)9-14-8-7-12/h3-6,12H,2,7-9H2,1H3. The first-order valence-electron chi connectivity index (χ1n) is 4.77. The van der Waals surface area contributed by atoms with Gasteiger partial charge in [0.1, 0.15) is 5.75 Å². The predicted octanol–water partition coefficient (Wildman–Crippen LogP) is 2.31. The van der Waals surface area contributed by atoms with Crippen molar-refractivity contribution < 1.29 is 9.84 Å². The molecule has 0 aliphatic carbocycles. The molecular weight excluding hydrogens is 196 g/mol. The van der Waals surface area contributed by atoms with Crippen LogP contribution in [0, 0.1) is 0 Å². The Balaban J connectivity index is 2.38.